The zero-order chi connectivity index (χ0) is 13.0. The van der Waals surface area contributed by atoms with E-state index in [-0.39, 0.29) is 11.9 Å². The van der Waals surface area contributed by atoms with Crippen LogP contribution in [0, 0.1) is 5.82 Å². The van der Waals surface area contributed by atoms with Crippen molar-refractivity contribution in [3.8, 4) is 0 Å². The molecule has 0 aliphatic rings. The minimum absolute atomic E-state index is 0.178. The van der Waals surface area contributed by atoms with E-state index in [0.29, 0.717) is 0 Å². The topological polar surface area (TPSA) is 38.0 Å². The van der Waals surface area contributed by atoms with Crippen molar-refractivity contribution < 1.29 is 4.39 Å². The van der Waals surface area contributed by atoms with Gasteiger partial charge in [-0.25, -0.2) is 4.39 Å². The molecule has 1 unspecified atom stereocenters. The normalized spacial score (nSPS) is 13.1. The van der Waals surface area contributed by atoms with Crippen molar-refractivity contribution in [1.29, 1.82) is 0 Å². The molecule has 1 heterocycles. The van der Waals surface area contributed by atoms with E-state index >= 15 is 0 Å². The molecule has 1 atom stereocenters. The summed E-state index contributed by atoms with van der Waals surface area (Å²) in [6.45, 7) is 2.19. The lowest BCUT2D eigenvalue weighted by molar-refractivity contribution is 0.493. The molecule has 0 fully saturated rings. The number of nitrogens with two attached hydrogens (primary N) is 1. The van der Waals surface area contributed by atoms with E-state index in [1.54, 1.807) is 17.4 Å². The Labute approximate surface area is 111 Å². The number of unbranched alkanes of at least 4 members (excludes halogenated alkanes) is 2. The van der Waals surface area contributed by atoms with Crippen LogP contribution in [-0.2, 0) is 0 Å². The van der Waals surface area contributed by atoms with Crippen LogP contribution in [0.4, 0.5) is 4.39 Å². The number of hydrogen-bond acceptors (Lipinski definition) is 3. The van der Waals surface area contributed by atoms with Crippen molar-refractivity contribution in [2.45, 2.75) is 38.6 Å². The second kappa shape index (κ2) is 6.27. The average molecular weight is 266 g/mol. The molecule has 4 heteroatoms. The Morgan fingerprint density at radius 3 is 2.89 bits per heavy atom. The lowest BCUT2D eigenvalue weighted by Gasteiger charge is -2.13. The number of benzene rings is 1. The first-order chi connectivity index (χ1) is 8.74. The Bertz CT molecular complexity index is 509. The highest BCUT2D eigenvalue weighted by Crippen LogP contribution is 2.32. The second-order valence-electron chi connectivity index (χ2n) is 4.55. The van der Waals surface area contributed by atoms with Gasteiger partial charge < -0.3 is 0 Å². The fraction of sp³-hybridized carbons (Fsp3) is 0.429. The third kappa shape index (κ3) is 3.07. The molecule has 2 nitrogen and oxygen atoms in total. The molecule has 0 aliphatic carbocycles. The van der Waals surface area contributed by atoms with Crippen molar-refractivity contribution in [1.82, 2.24) is 5.43 Å². The summed E-state index contributed by atoms with van der Waals surface area (Å²) in [6, 6.07) is 7.13. The monoisotopic (exact) mass is 266 g/mol. The molecule has 0 saturated heterocycles. The van der Waals surface area contributed by atoms with E-state index in [2.05, 4.69) is 12.3 Å². The van der Waals surface area contributed by atoms with Crippen molar-refractivity contribution in [2.75, 3.05) is 0 Å². The van der Waals surface area contributed by atoms with Gasteiger partial charge in [-0.15, -0.1) is 11.3 Å². The SMILES string of the molecule is CCCCCC(NN)c1cc2cc(F)ccc2s1. The molecule has 0 saturated carbocycles. The van der Waals surface area contributed by atoms with E-state index in [0.717, 1.165) is 22.9 Å². The van der Waals surface area contributed by atoms with Crippen LogP contribution in [0.1, 0.15) is 43.5 Å². The van der Waals surface area contributed by atoms with Crippen molar-refractivity contribution in [3.05, 3.63) is 35.0 Å². The standard InChI is InChI=1S/C14H19FN2S/c1-2-3-4-5-12(17-16)14-9-10-8-11(15)6-7-13(10)18-14/h6-9,12,17H,2-5,16H2,1H3. The molecule has 0 aliphatic heterocycles. The van der Waals surface area contributed by atoms with Crippen LogP contribution in [0.15, 0.2) is 24.3 Å². The highest BCUT2D eigenvalue weighted by Gasteiger charge is 2.13. The Morgan fingerprint density at radius 2 is 2.17 bits per heavy atom. The summed E-state index contributed by atoms with van der Waals surface area (Å²) in [4.78, 5) is 1.19. The Kier molecular flexibility index (Phi) is 4.69. The third-order valence-corrected chi connectivity index (χ3v) is 4.37. The molecule has 0 bridgehead atoms. The minimum atomic E-state index is -0.185. The zero-order valence-corrected chi connectivity index (χ0v) is 11.4. The summed E-state index contributed by atoms with van der Waals surface area (Å²) in [5, 5.41) is 0.964. The molecule has 1 aromatic carbocycles. The molecule has 98 valence electrons. The molecule has 2 aromatic rings. The van der Waals surface area contributed by atoms with Crippen LogP contribution in [0.25, 0.3) is 10.1 Å². The van der Waals surface area contributed by atoms with E-state index < -0.39 is 0 Å². The van der Waals surface area contributed by atoms with Gasteiger partial charge >= 0.3 is 0 Å². The van der Waals surface area contributed by atoms with Crippen molar-refractivity contribution in [2.24, 2.45) is 5.84 Å². The predicted octanol–water partition coefficient (Wildman–Crippen LogP) is 4.13. The number of hydrazine groups is 1. The molecule has 0 radical (unpaired) electrons. The molecule has 0 amide bonds. The average Bonchev–Trinajstić information content (AvgIpc) is 2.77. The number of thiophene rings is 1. The number of hydrogen-bond donors (Lipinski definition) is 2. The summed E-state index contributed by atoms with van der Waals surface area (Å²) in [5.41, 5.74) is 2.87. The van der Waals surface area contributed by atoms with Crippen LogP contribution in [0.3, 0.4) is 0 Å². The maximum atomic E-state index is 13.1. The summed E-state index contributed by atoms with van der Waals surface area (Å²) in [6.07, 6.45) is 4.61. The van der Waals surface area contributed by atoms with Gasteiger partial charge in [-0.1, -0.05) is 26.2 Å². The number of halogens is 1. The minimum Gasteiger partial charge on any atom is -0.271 e. The van der Waals surface area contributed by atoms with Crippen LogP contribution < -0.4 is 11.3 Å². The number of fused-ring (bicyclic) bond motifs is 1. The molecular formula is C14H19FN2S. The first kappa shape index (κ1) is 13.5. The molecule has 18 heavy (non-hydrogen) atoms. The van der Waals surface area contributed by atoms with Gasteiger partial charge in [0.2, 0.25) is 0 Å². The first-order valence-electron chi connectivity index (χ1n) is 6.39. The maximum Gasteiger partial charge on any atom is 0.123 e. The van der Waals surface area contributed by atoms with Crippen molar-refractivity contribution in [3.63, 3.8) is 0 Å². The quantitative estimate of drug-likeness (QED) is 0.469. The fourth-order valence-corrected chi connectivity index (χ4v) is 3.25. The highest BCUT2D eigenvalue weighted by molar-refractivity contribution is 7.19. The molecular weight excluding hydrogens is 247 g/mol. The summed E-state index contributed by atoms with van der Waals surface area (Å²) in [5.74, 6) is 5.44. The Hall–Kier alpha value is -0.970. The molecule has 1 aromatic heterocycles. The smallest absolute Gasteiger partial charge is 0.123 e. The van der Waals surface area contributed by atoms with Gasteiger partial charge in [0, 0.05) is 9.58 Å². The summed E-state index contributed by atoms with van der Waals surface area (Å²) >= 11 is 1.69. The van der Waals surface area contributed by atoms with Crippen LogP contribution in [0.5, 0.6) is 0 Å². The molecule has 0 spiro atoms. The Morgan fingerprint density at radius 1 is 1.33 bits per heavy atom. The number of rotatable bonds is 6. The highest BCUT2D eigenvalue weighted by atomic mass is 32.1. The largest absolute Gasteiger partial charge is 0.271 e. The van der Waals surface area contributed by atoms with Gasteiger partial charge in [-0.05, 0) is 36.1 Å². The fourth-order valence-electron chi connectivity index (χ4n) is 2.11. The molecule has 2 rings (SSSR count). The summed E-state index contributed by atoms with van der Waals surface area (Å²) < 4.78 is 14.3. The van der Waals surface area contributed by atoms with Gasteiger partial charge in [0.15, 0.2) is 0 Å². The zero-order valence-electron chi connectivity index (χ0n) is 10.6. The van der Waals surface area contributed by atoms with E-state index in [1.165, 1.54) is 23.8 Å². The molecule has 3 N–H and O–H groups in total. The van der Waals surface area contributed by atoms with Crippen LogP contribution in [0.2, 0.25) is 0 Å². The third-order valence-electron chi connectivity index (χ3n) is 3.14. The van der Waals surface area contributed by atoms with Crippen molar-refractivity contribution >= 4 is 21.4 Å². The lowest BCUT2D eigenvalue weighted by Crippen LogP contribution is -2.27. The Balaban J connectivity index is 2.17. The van der Waals surface area contributed by atoms with E-state index in [1.807, 2.05) is 12.1 Å². The lowest BCUT2D eigenvalue weighted by atomic mass is 10.1. The van der Waals surface area contributed by atoms with Gasteiger partial charge in [0.05, 0.1) is 6.04 Å². The van der Waals surface area contributed by atoms with E-state index in [9.17, 15) is 4.39 Å². The van der Waals surface area contributed by atoms with Crippen LogP contribution in [-0.4, -0.2) is 0 Å². The summed E-state index contributed by atoms with van der Waals surface area (Å²) in [7, 11) is 0. The van der Waals surface area contributed by atoms with Gasteiger partial charge in [-0.2, -0.15) is 0 Å². The van der Waals surface area contributed by atoms with Gasteiger partial charge in [0.25, 0.3) is 0 Å². The van der Waals surface area contributed by atoms with Gasteiger partial charge in [-0.3, -0.25) is 11.3 Å². The van der Waals surface area contributed by atoms with Crippen LogP contribution >= 0.6 is 11.3 Å². The maximum absolute atomic E-state index is 13.1. The number of nitrogens with one attached hydrogen (secondary N) is 1. The van der Waals surface area contributed by atoms with Gasteiger partial charge in [0.1, 0.15) is 5.82 Å². The second-order valence-corrected chi connectivity index (χ2v) is 5.66. The van der Waals surface area contributed by atoms with E-state index in [4.69, 9.17) is 5.84 Å². The first-order valence-corrected chi connectivity index (χ1v) is 7.21. The predicted molar refractivity (Wildman–Crippen MR) is 76.0 cm³/mol.